The summed E-state index contributed by atoms with van der Waals surface area (Å²) >= 11 is 0. The second-order valence-electron chi connectivity index (χ2n) is 6.09. The van der Waals surface area contributed by atoms with Gasteiger partial charge < -0.3 is 21.1 Å². The third-order valence-corrected chi connectivity index (χ3v) is 3.81. The summed E-state index contributed by atoms with van der Waals surface area (Å²) in [7, 11) is 0. The highest BCUT2D eigenvalue weighted by molar-refractivity contribution is 5.94. The molecule has 2 aromatic rings. The number of rotatable bonds is 10. The number of hydrogen-bond donors (Lipinski definition) is 3. The van der Waals surface area contributed by atoms with E-state index in [1.165, 1.54) is 0 Å². The fourth-order valence-corrected chi connectivity index (χ4v) is 2.39. The second kappa shape index (κ2) is 10.7. The predicted molar refractivity (Wildman–Crippen MR) is 102 cm³/mol. The molecule has 0 bridgehead atoms. The van der Waals surface area contributed by atoms with Crippen molar-refractivity contribution in [1.82, 2.24) is 5.32 Å². The molecule has 0 atom stereocenters. The number of nitrogens with one attached hydrogen (secondary N) is 2. The lowest BCUT2D eigenvalue weighted by molar-refractivity contribution is -0.118. The lowest BCUT2D eigenvalue weighted by Gasteiger charge is -2.12. The molecule has 2 aromatic carbocycles. The van der Waals surface area contributed by atoms with E-state index >= 15 is 0 Å². The number of primary amides is 1. The Bertz CT molecular complexity index is 890. The first kappa shape index (κ1) is 21.8. The van der Waals surface area contributed by atoms with Crippen molar-refractivity contribution in [1.29, 1.82) is 0 Å². The zero-order valence-corrected chi connectivity index (χ0v) is 15.5. The van der Waals surface area contributed by atoms with Crippen LogP contribution in [0.15, 0.2) is 42.5 Å². The molecule has 0 saturated carbocycles. The Balaban J connectivity index is 1.77. The zero-order valence-electron chi connectivity index (χ0n) is 15.5. The Morgan fingerprint density at radius 1 is 1.03 bits per heavy atom. The molecule has 0 unspecified atom stereocenters. The Morgan fingerprint density at radius 3 is 2.52 bits per heavy atom. The number of carbonyl (C=O) groups is 3. The summed E-state index contributed by atoms with van der Waals surface area (Å²) in [4.78, 5) is 34.8. The molecule has 0 aromatic heterocycles. The molecule has 0 spiro atoms. The first-order valence-corrected chi connectivity index (χ1v) is 8.90. The van der Waals surface area contributed by atoms with Gasteiger partial charge in [-0.1, -0.05) is 12.1 Å². The number of carbonyl (C=O) groups excluding carboxylic acids is 3. The number of benzene rings is 2. The minimum absolute atomic E-state index is 0.0522. The fourth-order valence-electron chi connectivity index (χ4n) is 2.39. The van der Waals surface area contributed by atoms with E-state index in [1.807, 2.05) is 0 Å². The van der Waals surface area contributed by atoms with Gasteiger partial charge in [0.1, 0.15) is 17.4 Å². The highest BCUT2D eigenvalue weighted by Crippen LogP contribution is 2.24. The Hall–Kier alpha value is -3.49. The van der Waals surface area contributed by atoms with Gasteiger partial charge in [0.25, 0.3) is 5.91 Å². The summed E-state index contributed by atoms with van der Waals surface area (Å²) < 4.78 is 31.9. The first-order chi connectivity index (χ1) is 13.9. The summed E-state index contributed by atoms with van der Waals surface area (Å²) in [6.07, 6.45) is 0.462. The number of anilines is 1. The second-order valence-corrected chi connectivity index (χ2v) is 6.09. The molecule has 7 nitrogen and oxygen atoms in total. The van der Waals surface area contributed by atoms with Crippen LogP contribution in [0.2, 0.25) is 0 Å². The van der Waals surface area contributed by atoms with Crippen molar-refractivity contribution >= 4 is 23.4 Å². The van der Waals surface area contributed by atoms with Crippen LogP contribution < -0.4 is 21.1 Å². The van der Waals surface area contributed by atoms with Crippen molar-refractivity contribution in [2.24, 2.45) is 5.73 Å². The maximum absolute atomic E-state index is 13.5. The van der Waals surface area contributed by atoms with Crippen LogP contribution in [0.3, 0.4) is 0 Å². The number of halogens is 2. The van der Waals surface area contributed by atoms with Crippen LogP contribution in [0.4, 0.5) is 14.5 Å². The molecule has 29 heavy (non-hydrogen) atoms. The van der Waals surface area contributed by atoms with Crippen molar-refractivity contribution in [2.75, 3.05) is 18.5 Å². The van der Waals surface area contributed by atoms with Crippen molar-refractivity contribution in [3.63, 3.8) is 0 Å². The molecule has 3 amide bonds. The smallest absolute Gasteiger partial charge is 0.254 e. The zero-order chi connectivity index (χ0) is 21.2. The third-order valence-electron chi connectivity index (χ3n) is 3.81. The quantitative estimate of drug-likeness (QED) is 0.527. The van der Waals surface area contributed by atoms with Crippen LogP contribution in [-0.2, 0) is 9.59 Å². The molecule has 0 saturated heterocycles. The van der Waals surface area contributed by atoms with E-state index < -0.39 is 23.4 Å². The summed E-state index contributed by atoms with van der Waals surface area (Å²) in [5.41, 5.74) is 5.24. The molecule has 0 aliphatic rings. The molecule has 0 heterocycles. The van der Waals surface area contributed by atoms with Crippen molar-refractivity contribution in [3.8, 4) is 5.75 Å². The topological polar surface area (TPSA) is 111 Å². The van der Waals surface area contributed by atoms with Gasteiger partial charge in [-0.2, -0.15) is 0 Å². The largest absolute Gasteiger partial charge is 0.491 e. The van der Waals surface area contributed by atoms with Gasteiger partial charge in [-0.15, -0.1) is 0 Å². The molecule has 0 fully saturated rings. The standard InChI is InChI=1S/C20H21F2N3O4/c21-13-7-8-14(15(22)12-13)20(28)24-10-3-6-19(27)25-16-4-1-2-5-17(16)29-11-9-18(23)26/h1-2,4-5,7-8,12H,3,6,9-11H2,(H2,23,26)(H,24,28)(H,25,27). The van der Waals surface area contributed by atoms with Crippen LogP contribution in [0.1, 0.15) is 29.6 Å². The summed E-state index contributed by atoms with van der Waals surface area (Å²) in [6.45, 7) is 0.230. The van der Waals surface area contributed by atoms with Crippen molar-refractivity contribution in [3.05, 3.63) is 59.7 Å². The molecule has 154 valence electrons. The highest BCUT2D eigenvalue weighted by Gasteiger charge is 2.12. The first-order valence-electron chi connectivity index (χ1n) is 8.90. The monoisotopic (exact) mass is 405 g/mol. The maximum Gasteiger partial charge on any atom is 0.254 e. The van der Waals surface area contributed by atoms with Crippen molar-refractivity contribution in [2.45, 2.75) is 19.3 Å². The lowest BCUT2D eigenvalue weighted by atomic mass is 10.2. The number of nitrogens with two attached hydrogens (primary N) is 1. The average molecular weight is 405 g/mol. The van der Waals surface area contributed by atoms with Crippen LogP contribution >= 0.6 is 0 Å². The molecule has 2 rings (SSSR count). The Kier molecular flexibility index (Phi) is 8.08. The van der Waals surface area contributed by atoms with Gasteiger partial charge in [-0.3, -0.25) is 14.4 Å². The molecular weight excluding hydrogens is 384 g/mol. The van der Waals surface area contributed by atoms with Gasteiger partial charge in [0.05, 0.1) is 24.3 Å². The van der Waals surface area contributed by atoms with E-state index in [9.17, 15) is 23.2 Å². The van der Waals surface area contributed by atoms with E-state index in [-0.39, 0.29) is 37.5 Å². The Labute approximate surface area is 166 Å². The summed E-state index contributed by atoms with van der Waals surface area (Å²) in [6, 6.07) is 9.42. The highest BCUT2D eigenvalue weighted by atomic mass is 19.1. The molecule has 4 N–H and O–H groups in total. The predicted octanol–water partition coefficient (Wildman–Crippen LogP) is 2.37. The SMILES string of the molecule is NC(=O)CCOc1ccccc1NC(=O)CCCNC(=O)c1ccc(F)cc1F. The van der Waals surface area contributed by atoms with Gasteiger partial charge in [0.2, 0.25) is 11.8 Å². The normalized spacial score (nSPS) is 10.3. The maximum atomic E-state index is 13.5. The number of para-hydroxylation sites is 2. The number of hydrogen-bond acceptors (Lipinski definition) is 4. The third kappa shape index (κ3) is 7.21. The van der Waals surface area contributed by atoms with E-state index in [2.05, 4.69) is 10.6 Å². The fraction of sp³-hybridized carbons (Fsp3) is 0.250. The van der Waals surface area contributed by atoms with Gasteiger partial charge >= 0.3 is 0 Å². The minimum atomic E-state index is -0.951. The molecule has 0 radical (unpaired) electrons. The van der Waals surface area contributed by atoms with Gasteiger partial charge in [0, 0.05) is 19.0 Å². The van der Waals surface area contributed by atoms with E-state index in [1.54, 1.807) is 24.3 Å². The van der Waals surface area contributed by atoms with Crippen LogP contribution in [0.25, 0.3) is 0 Å². The van der Waals surface area contributed by atoms with Crippen LogP contribution in [-0.4, -0.2) is 30.9 Å². The van der Waals surface area contributed by atoms with E-state index in [0.29, 0.717) is 23.9 Å². The average Bonchev–Trinajstić information content (AvgIpc) is 2.66. The van der Waals surface area contributed by atoms with E-state index in [0.717, 1.165) is 12.1 Å². The number of ether oxygens (including phenoxy) is 1. The van der Waals surface area contributed by atoms with Crippen LogP contribution in [0.5, 0.6) is 5.75 Å². The molecule has 0 aliphatic heterocycles. The lowest BCUT2D eigenvalue weighted by Crippen LogP contribution is -2.26. The van der Waals surface area contributed by atoms with Gasteiger partial charge in [0.15, 0.2) is 0 Å². The summed E-state index contributed by atoms with van der Waals surface area (Å²) in [5, 5.41) is 5.17. The minimum Gasteiger partial charge on any atom is -0.491 e. The molecule has 9 heteroatoms. The van der Waals surface area contributed by atoms with E-state index in [4.69, 9.17) is 10.5 Å². The van der Waals surface area contributed by atoms with Crippen molar-refractivity contribution < 1.29 is 27.9 Å². The molecular formula is C20H21F2N3O4. The Morgan fingerprint density at radius 2 is 1.79 bits per heavy atom. The van der Waals surface area contributed by atoms with Gasteiger partial charge in [-0.05, 0) is 30.7 Å². The number of amides is 3. The molecule has 0 aliphatic carbocycles. The van der Waals surface area contributed by atoms with Gasteiger partial charge in [-0.25, -0.2) is 8.78 Å². The van der Waals surface area contributed by atoms with Crippen LogP contribution in [0, 0.1) is 11.6 Å². The summed E-state index contributed by atoms with van der Waals surface area (Å²) in [5.74, 6) is -2.80.